The molecule has 186 valence electrons. The van der Waals surface area contributed by atoms with Crippen LogP contribution in [0, 0.1) is 0 Å². The first-order chi connectivity index (χ1) is 15.6. The number of hydrogen-bond acceptors (Lipinski definition) is 6. The first-order valence-corrected chi connectivity index (χ1v) is 10.5. The quantitative estimate of drug-likeness (QED) is 0.120. The summed E-state index contributed by atoms with van der Waals surface area (Å²) >= 11 is 0. The van der Waals surface area contributed by atoms with Crippen LogP contribution in [0.2, 0.25) is 0 Å². The van der Waals surface area contributed by atoms with Crippen molar-refractivity contribution >= 4 is 36.1 Å². The number of rotatable bonds is 6. The Hall–Kier alpha value is -2.84. The molecule has 0 bridgehead atoms. The summed E-state index contributed by atoms with van der Waals surface area (Å²) < 4.78 is 3.61. The minimum absolute atomic E-state index is 0. The van der Waals surface area contributed by atoms with Crippen LogP contribution in [0.15, 0.2) is 35.5 Å². The van der Waals surface area contributed by atoms with Crippen molar-refractivity contribution in [3.63, 3.8) is 0 Å². The van der Waals surface area contributed by atoms with Crippen LogP contribution in [-0.4, -0.2) is 83.5 Å². The van der Waals surface area contributed by atoms with Gasteiger partial charge in [0.25, 0.3) is 11.8 Å². The maximum atomic E-state index is 11.5. The lowest BCUT2D eigenvalue weighted by Gasteiger charge is -2.05. The molecule has 0 saturated heterocycles. The first-order valence-electron chi connectivity index (χ1n) is 10.5. The molecule has 0 atom stereocenters. The summed E-state index contributed by atoms with van der Waals surface area (Å²) in [6.45, 7) is 1.56. The van der Waals surface area contributed by atoms with Gasteiger partial charge in [-0.1, -0.05) is 0 Å². The van der Waals surface area contributed by atoms with Crippen LogP contribution < -0.4 is 47.1 Å². The predicted molar refractivity (Wildman–Crippen MR) is 120 cm³/mol. The van der Waals surface area contributed by atoms with E-state index >= 15 is 0 Å². The van der Waals surface area contributed by atoms with Crippen LogP contribution in [-0.2, 0) is 19.2 Å². The third-order valence-electron chi connectivity index (χ3n) is 4.78. The Morgan fingerprint density at radius 3 is 1.44 bits per heavy atom. The van der Waals surface area contributed by atoms with Crippen molar-refractivity contribution in [1.29, 1.82) is 0 Å². The normalized spacial score (nSPS) is 17.4. The van der Waals surface area contributed by atoms with Crippen molar-refractivity contribution in [3.8, 4) is 0 Å². The average molecular weight is 513 g/mol. The Morgan fingerprint density at radius 1 is 0.794 bits per heavy atom. The Labute approximate surface area is 211 Å². The molecule has 6 N–H and O–H groups in total. The third-order valence-corrected chi connectivity index (χ3v) is 4.78. The molecule has 4 rings (SSSR count). The highest BCUT2D eigenvalue weighted by molar-refractivity contribution is 5.80. The van der Waals surface area contributed by atoms with Crippen molar-refractivity contribution in [2.45, 2.75) is 37.8 Å². The number of nitrogens with two attached hydrogens (primary N) is 2. The largest absolute Gasteiger partial charge is 1.00 e. The zero-order valence-electron chi connectivity index (χ0n) is 18.7. The number of halogens is 2. The second kappa shape index (κ2) is 16.7. The fourth-order valence-electron chi connectivity index (χ4n) is 2.93. The zero-order valence-corrected chi connectivity index (χ0v) is 20.2. The molecule has 0 aromatic heterocycles. The van der Waals surface area contributed by atoms with Crippen molar-refractivity contribution in [2.24, 2.45) is 11.7 Å². The van der Waals surface area contributed by atoms with E-state index in [-0.39, 0.29) is 36.6 Å². The van der Waals surface area contributed by atoms with E-state index in [0.29, 0.717) is 49.4 Å². The molecule has 2 fully saturated rings. The molecule has 0 aromatic rings. The summed E-state index contributed by atoms with van der Waals surface area (Å²) in [5, 5.41) is 5.80. The summed E-state index contributed by atoms with van der Waals surface area (Å²) in [7, 11) is 0. The molecule has 12 heteroatoms. The number of amides is 2. The van der Waals surface area contributed by atoms with Gasteiger partial charge in [0.1, 0.15) is 23.0 Å². The fraction of sp³-hybridized carbons (Fsp3) is 0.455. The number of nitrogens with one attached hydrogen (secondary N) is 2. The third kappa shape index (κ3) is 12.4. The molecule has 4 aliphatic rings. The molecule has 0 aromatic carbocycles. The van der Waals surface area contributed by atoms with Crippen molar-refractivity contribution in [2.75, 3.05) is 26.2 Å². The van der Waals surface area contributed by atoms with Gasteiger partial charge in [0.05, 0.1) is 0 Å². The smallest absolute Gasteiger partial charge is 0.285 e. The van der Waals surface area contributed by atoms with E-state index in [1.807, 2.05) is 24.3 Å². The summed E-state index contributed by atoms with van der Waals surface area (Å²) in [4.78, 5) is 43.8. The Morgan fingerprint density at radius 2 is 1.15 bits per heavy atom. The predicted octanol–water partition coefficient (Wildman–Crippen LogP) is -7.82. The van der Waals surface area contributed by atoms with Crippen LogP contribution in [0.4, 0.5) is 0 Å². The van der Waals surface area contributed by atoms with Gasteiger partial charge in [-0.15, -0.1) is 0 Å². The summed E-state index contributed by atoms with van der Waals surface area (Å²) in [6.07, 6.45) is 14.9. The van der Waals surface area contributed by atoms with Gasteiger partial charge in [-0.2, -0.15) is 0 Å². The van der Waals surface area contributed by atoms with Gasteiger partial charge in [0.15, 0.2) is 25.5 Å². The summed E-state index contributed by atoms with van der Waals surface area (Å²) in [6, 6.07) is 0.776. The number of nitrogens with zero attached hydrogens (tertiary/aromatic N) is 2. The lowest BCUT2D eigenvalue weighted by atomic mass is 10.2. The van der Waals surface area contributed by atoms with Gasteiger partial charge in [-0.3, -0.25) is 21.3 Å². The van der Waals surface area contributed by atoms with Crippen molar-refractivity contribution in [3.05, 3.63) is 35.5 Å². The number of allylic oxidation sites excluding steroid dienone is 2. The van der Waals surface area contributed by atoms with Gasteiger partial charge in [0, 0.05) is 24.2 Å². The topological polar surface area (TPSA) is 150 Å². The molecule has 0 unspecified atom stereocenters. The molecule has 2 aliphatic carbocycles. The molecular formula is C22H30Cl2N6O4. The lowest BCUT2D eigenvalue weighted by Crippen LogP contribution is -3.00. The van der Waals surface area contributed by atoms with Crippen LogP contribution in [0.25, 0.3) is 0 Å². The molecule has 0 radical (unpaired) electrons. The minimum atomic E-state index is 0. The minimum Gasteiger partial charge on any atom is -1.00 e. The van der Waals surface area contributed by atoms with E-state index < -0.39 is 0 Å². The SMILES string of the molecule is NN.O=C=C1C=CC=[N+](CC(=O)NC2CC2)C1.O=C=C1C=CC=[N+](CC(=O)NC2CC2)C1.[Cl-].[Cl-]. The zero-order chi connectivity index (χ0) is 23.3. The maximum absolute atomic E-state index is 11.5. The van der Waals surface area contributed by atoms with E-state index in [4.69, 9.17) is 0 Å². The van der Waals surface area contributed by atoms with E-state index in [0.717, 1.165) is 25.7 Å². The average Bonchev–Trinajstić information content (AvgIpc) is 3.74. The van der Waals surface area contributed by atoms with Crippen LogP contribution in [0.5, 0.6) is 0 Å². The highest BCUT2D eigenvalue weighted by Gasteiger charge is 2.26. The standard InChI is InChI=1S/2C11H12N2O2.2ClH.H4N2/c2*14-8-9-2-1-5-13(6-9)7-11(15)12-10-3-4-10;;;1-2/h2*1-2,5,10H,3-4,6-7H2;2*1H;1-2H2. The molecule has 34 heavy (non-hydrogen) atoms. The van der Waals surface area contributed by atoms with Crippen molar-refractivity contribution < 1.29 is 53.1 Å². The highest BCUT2D eigenvalue weighted by atomic mass is 35.5. The Kier molecular flexibility index (Phi) is 15.3. The molecule has 2 aliphatic heterocycles. The van der Waals surface area contributed by atoms with Gasteiger partial charge >= 0.3 is 0 Å². The highest BCUT2D eigenvalue weighted by Crippen LogP contribution is 2.18. The monoisotopic (exact) mass is 512 g/mol. The second-order valence-electron chi connectivity index (χ2n) is 7.76. The number of hydrogen-bond donors (Lipinski definition) is 4. The van der Waals surface area contributed by atoms with Gasteiger partial charge < -0.3 is 35.4 Å². The Balaban J connectivity index is 0.000000566. The Bertz CT molecular complexity index is 863. The van der Waals surface area contributed by atoms with E-state index in [1.165, 1.54) is 0 Å². The molecule has 2 heterocycles. The summed E-state index contributed by atoms with van der Waals surface area (Å²) in [5.41, 5.74) is 1.16. The fourth-order valence-corrected chi connectivity index (χ4v) is 2.93. The second-order valence-corrected chi connectivity index (χ2v) is 7.76. The molecule has 0 spiro atoms. The van der Waals surface area contributed by atoms with E-state index in [2.05, 4.69) is 22.3 Å². The molecule has 2 amide bonds. The van der Waals surface area contributed by atoms with Crippen LogP contribution >= 0.6 is 0 Å². The van der Waals surface area contributed by atoms with Crippen LogP contribution in [0.1, 0.15) is 25.7 Å². The lowest BCUT2D eigenvalue weighted by molar-refractivity contribution is -0.503. The van der Waals surface area contributed by atoms with E-state index in [9.17, 15) is 19.2 Å². The van der Waals surface area contributed by atoms with Crippen LogP contribution in [0.3, 0.4) is 0 Å². The van der Waals surface area contributed by atoms with Gasteiger partial charge in [0.2, 0.25) is 13.1 Å². The maximum Gasteiger partial charge on any atom is 0.285 e. The number of carbonyl (C=O) groups is 2. The van der Waals surface area contributed by atoms with Gasteiger partial charge in [-0.05, 0) is 37.8 Å². The summed E-state index contributed by atoms with van der Waals surface area (Å²) in [5.74, 6) is 11.7. The molecule has 2 saturated carbocycles. The molecular weight excluding hydrogens is 483 g/mol. The number of carbonyl (C=O) groups excluding carboxylic acids is 4. The van der Waals surface area contributed by atoms with E-state index in [1.54, 1.807) is 33.5 Å². The molecule has 10 nitrogen and oxygen atoms in total. The number of hydrazine groups is 1. The van der Waals surface area contributed by atoms with Crippen molar-refractivity contribution in [1.82, 2.24) is 10.6 Å². The first kappa shape index (κ1) is 31.2. The van der Waals surface area contributed by atoms with Gasteiger partial charge in [-0.25, -0.2) is 18.7 Å².